The summed E-state index contributed by atoms with van der Waals surface area (Å²) < 4.78 is 10.8. The number of aryl methyl sites for hydroxylation is 1. The Morgan fingerprint density at radius 3 is 2.17 bits per heavy atom. The fraction of sp³-hybridized carbons (Fsp3) is 0.200. The van der Waals surface area contributed by atoms with Crippen LogP contribution in [0.4, 0.5) is 0 Å². The summed E-state index contributed by atoms with van der Waals surface area (Å²) in [5.41, 5.74) is 2.75. The number of rotatable bonds is 3. The molecule has 24 heavy (non-hydrogen) atoms. The van der Waals surface area contributed by atoms with Crippen molar-refractivity contribution in [3.63, 3.8) is 0 Å². The zero-order chi connectivity index (χ0) is 17.4. The number of fused-ring (bicyclic) bond motifs is 1. The smallest absolute Gasteiger partial charge is 0.125 e. The second-order valence-corrected chi connectivity index (χ2v) is 5.79. The van der Waals surface area contributed by atoms with E-state index in [-0.39, 0.29) is 11.5 Å². The molecule has 0 amide bonds. The first-order valence-corrected chi connectivity index (χ1v) is 7.65. The van der Waals surface area contributed by atoms with Gasteiger partial charge in [0, 0.05) is 16.7 Å². The molecule has 2 N–H and O–H groups in total. The Hall–Kier alpha value is -2.88. The van der Waals surface area contributed by atoms with Crippen LogP contribution in [0.3, 0.4) is 0 Å². The SMILES string of the molecule is COc1ccc2ccc(O)c(-c3c(O)cc(C)c(OC)c3C)c2c1. The second-order valence-electron chi connectivity index (χ2n) is 5.79. The third kappa shape index (κ3) is 2.40. The van der Waals surface area contributed by atoms with Crippen LogP contribution in [0, 0.1) is 13.8 Å². The monoisotopic (exact) mass is 324 g/mol. The molecule has 0 saturated heterocycles. The molecule has 0 aromatic heterocycles. The summed E-state index contributed by atoms with van der Waals surface area (Å²) in [7, 11) is 3.20. The number of phenolic OH excluding ortho intramolecular Hbond substituents is 2. The lowest BCUT2D eigenvalue weighted by molar-refractivity contribution is 0.406. The standard InChI is InChI=1S/C20H20O4/c1-11-9-17(22)18(12(2)20(11)24-4)19-15-10-14(23-3)7-5-13(15)6-8-16(19)21/h5-10,21-22H,1-4H3. The summed E-state index contributed by atoms with van der Waals surface area (Å²) in [5, 5.41) is 22.8. The van der Waals surface area contributed by atoms with Gasteiger partial charge in [-0.1, -0.05) is 12.1 Å². The van der Waals surface area contributed by atoms with Crippen molar-refractivity contribution in [1.82, 2.24) is 0 Å². The van der Waals surface area contributed by atoms with Crippen molar-refractivity contribution in [2.75, 3.05) is 14.2 Å². The molecule has 0 heterocycles. The number of methoxy groups -OCH3 is 2. The van der Waals surface area contributed by atoms with Gasteiger partial charge in [-0.05, 0) is 54.4 Å². The Bertz CT molecular complexity index is 929. The minimum Gasteiger partial charge on any atom is -0.507 e. The van der Waals surface area contributed by atoms with Crippen molar-refractivity contribution in [2.45, 2.75) is 13.8 Å². The van der Waals surface area contributed by atoms with Gasteiger partial charge in [-0.3, -0.25) is 0 Å². The third-order valence-corrected chi connectivity index (χ3v) is 4.34. The Morgan fingerprint density at radius 1 is 0.792 bits per heavy atom. The summed E-state index contributed by atoms with van der Waals surface area (Å²) in [4.78, 5) is 0. The number of hydrogen-bond donors (Lipinski definition) is 2. The average Bonchev–Trinajstić information content (AvgIpc) is 2.56. The topological polar surface area (TPSA) is 58.9 Å². The molecule has 4 nitrogen and oxygen atoms in total. The first-order valence-electron chi connectivity index (χ1n) is 7.65. The lowest BCUT2D eigenvalue weighted by Gasteiger charge is -2.18. The zero-order valence-electron chi connectivity index (χ0n) is 14.2. The van der Waals surface area contributed by atoms with Gasteiger partial charge in [-0.15, -0.1) is 0 Å². The molecule has 4 heteroatoms. The lowest BCUT2D eigenvalue weighted by atomic mass is 9.91. The van der Waals surface area contributed by atoms with Crippen LogP contribution in [-0.4, -0.2) is 24.4 Å². The van der Waals surface area contributed by atoms with Crippen molar-refractivity contribution >= 4 is 10.8 Å². The molecule has 0 unspecified atom stereocenters. The molecule has 0 radical (unpaired) electrons. The van der Waals surface area contributed by atoms with Gasteiger partial charge in [-0.25, -0.2) is 0 Å². The van der Waals surface area contributed by atoms with Gasteiger partial charge < -0.3 is 19.7 Å². The predicted octanol–water partition coefficient (Wildman–Crippen LogP) is 4.55. The van der Waals surface area contributed by atoms with E-state index < -0.39 is 0 Å². The second kappa shape index (κ2) is 5.96. The zero-order valence-corrected chi connectivity index (χ0v) is 14.2. The van der Waals surface area contributed by atoms with Gasteiger partial charge in [0.25, 0.3) is 0 Å². The maximum absolute atomic E-state index is 10.6. The number of aromatic hydroxyl groups is 2. The molecule has 0 atom stereocenters. The van der Waals surface area contributed by atoms with Crippen molar-refractivity contribution < 1.29 is 19.7 Å². The maximum Gasteiger partial charge on any atom is 0.125 e. The highest BCUT2D eigenvalue weighted by Crippen LogP contribution is 2.46. The van der Waals surface area contributed by atoms with Crippen molar-refractivity contribution in [3.8, 4) is 34.1 Å². The van der Waals surface area contributed by atoms with Gasteiger partial charge in [0.1, 0.15) is 23.0 Å². The first-order chi connectivity index (χ1) is 11.5. The predicted molar refractivity (Wildman–Crippen MR) is 95.3 cm³/mol. The van der Waals surface area contributed by atoms with Crippen molar-refractivity contribution in [3.05, 3.63) is 47.5 Å². The molecular formula is C20H20O4. The molecule has 3 aromatic rings. The van der Waals surface area contributed by atoms with E-state index in [1.54, 1.807) is 26.4 Å². The molecule has 0 aliphatic carbocycles. The van der Waals surface area contributed by atoms with Crippen molar-refractivity contribution in [1.29, 1.82) is 0 Å². The molecule has 3 aromatic carbocycles. The minimum atomic E-state index is 0.0973. The third-order valence-electron chi connectivity index (χ3n) is 4.34. The van der Waals surface area contributed by atoms with Gasteiger partial charge in [0.2, 0.25) is 0 Å². The molecule has 124 valence electrons. The minimum absolute atomic E-state index is 0.0973. The lowest BCUT2D eigenvalue weighted by Crippen LogP contribution is -1.96. The summed E-state index contributed by atoms with van der Waals surface area (Å²) >= 11 is 0. The summed E-state index contributed by atoms with van der Waals surface area (Å²) in [6.45, 7) is 3.75. The van der Waals surface area contributed by atoms with E-state index in [1.165, 1.54) is 0 Å². The van der Waals surface area contributed by atoms with Gasteiger partial charge in [0.15, 0.2) is 0 Å². The number of benzene rings is 3. The van der Waals surface area contributed by atoms with E-state index in [2.05, 4.69) is 0 Å². The highest BCUT2D eigenvalue weighted by Gasteiger charge is 2.20. The van der Waals surface area contributed by atoms with Crippen LogP contribution in [0.15, 0.2) is 36.4 Å². The largest absolute Gasteiger partial charge is 0.507 e. The molecule has 0 saturated carbocycles. The van der Waals surface area contributed by atoms with E-state index in [1.807, 2.05) is 38.1 Å². The summed E-state index contributed by atoms with van der Waals surface area (Å²) in [5.74, 6) is 1.59. The average molecular weight is 324 g/mol. The number of hydrogen-bond acceptors (Lipinski definition) is 4. The van der Waals surface area contributed by atoms with Crippen LogP contribution in [-0.2, 0) is 0 Å². The van der Waals surface area contributed by atoms with Gasteiger partial charge in [-0.2, -0.15) is 0 Å². The van der Waals surface area contributed by atoms with Crippen LogP contribution in [0.1, 0.15) is 11.1 Å². The molecule has 3 rings (SSSR count). The number of phenols is 2. The van der Waals surface area contributed by atoms with E-state index >= 15 is 0 Å². The van der Waals surface area contributed by atoms with E-state index in [0.717, 1.165) is 21.9 Å². The highest BCUT2D eigenvalue weighted by molar-refractivity contribution is 6.02. The Morgan fingerprint density at radius 2 is 1.50 bits per heavy atom. The van der Waals surface area contributed by atoms with E-state index in [4.69, 9.17) is 9.47 Å². The van der Waals surface area contributed by atoms with Crippen LogP contribution in [0.2, 0.25) is 0 Å². The Labute approximate surface area is 140 Å². The van der Waals surface area contributed by atoms with Crippen LogP contribution in [0.25, 0.3) is 21.9 Å². The molecule has 0 aliphatic heterocycles. The fourth-order valence-corrected chi connectivity index (χ4v) is 3.25. The van der Waals surface area contributed by atoms with Crippen molar-refractivity contribution in [2.24, 2.45) is 0 Å². The maximum atomic E-state index is 10.6. The van der Waals surface area contributed by atoms with Crippen LogP contribution >= 0.6 is 0 Å². The van der Waals surface area contributed by atoms with E-state index in [9.17, 15) is 10.2 Å². The quantitative estimate of drug-likeness (QED) is 0.742. The molecule has 0 bridgehead atoms. The Balaban J connectivity index is 2.44. The molecule has 0 aliphatic rings. The molecule has 0 spiro atoms. The molecule has 0 fully saturated rings. The van der Waals surface area contributed by atoms with E-state index in [0.29, 0.717) is 22.6 Å². The fourth-order valence-electron chi connectivity index (χ4n) is 3.25. The molecular weight excluding hydrogens is 304 g/mol. The number of ether oxygens (including phenoxy) is 2. The van der Waals surface area contributed by atoms with Gasteiger partial charge in [0.05, 0.1) is 14.2 Å². The normalized spacial score (nSPS) is 10.8. The Kier molecular flexibility index (Phi) is 3.97. The van der Waals surface area contributed by atoms with Crippen LogP contribution < -0.4 is 9.47 Å². The van der Waals surface area contributed by atoms with Crippen LogP contribution in [0.5, 0.6) is 23.0 Å². The summed E-state index contributed by atoms with van der Waals surface area (Å²) in [6.07, 6.45) is 0. The first kappa shape index (κ1) is 16.0. The van der Waals surface area contributed by atoms with Gasteiger partial charge >= 0.3 is 0 Å². The highest BCUT2D eigenvalue weighted by atomic mass is 16.5. The summed E-state index contributed by atoms with van der Waals surface area (Å²) in [6, 6.07) is 10.8.